The minimum absolute atomic E-state index is 0.223. The van der Waals surface area contributed by atoms with Gasteiger partial charge in [-0.15, -0.1) is 0 Å². The number of nitrogens with two attached hydrogens (primary N) is 1. The Morgan fingerprint density at radius 2 is 2.21 bits per heavy atom. The quantitative estimate of drug-likeness (QED) is 0.528. The van der Waals surface area contributed by atoms with Gasteiger partial charge in [0, 0.05) is 6.42 Å². The van der Waals surface area contributed by atoms with E-state index < -0.39 is 10.0 Å². The Hall–Kier alpha value is -1.38. The van der Waals surface area contributed by atoms with E-state index in [0.717, 1.165) is 0 Å². The van der Waals surface area contributed by atoms with E-state index in [1.165, 1.54) is 12.1 Å². The lowest BCUT2D eigenvalue weighted by molar-refractivity contribution is -0.143. The van der Waals surface area contributed by atoms with Gasteiger partial charge in [-0.05, 0) is 32.0 Å². The molecule has 1 rings (SSSR count). The highest BCUT2D eigenvalue weighted by Gasteiger charge is 2.12. The fraction of sp³-hybridized carbons (Fsp3) is 0.545. The minimum atomic E-state index is -3.79. The molecular formula is C11H18N2O5S. The summed E-state index contributed by atoms with van der Waals surface area (Å²) in [7, 11) is -3.79. The Morgan fingerprint density at radius 1 is 1.47 bits per heavy atom. The highest BCUT2D eigenvalue weighted by molar-refractivity contribution is 7.89. The predicted octanol–water partition coefficient (Wildman–Crippen LogP) is 0.360. The zero-order valence-electron chi connectivity index (χ0n) is 10.7. The summed E-state index contributed by atoms with van der Waals surface area (Å²) in [5.41, 5.74) is 0. The Bertz CT molecular complexity index is 509. The summed E-state index contributed by atoms with van der Waals surface area (Å²) < 4.78 is 31.8. The summed E-state index contributed by atoms with van der Waals surface area (Å²) in [6.07, 6.45) is 0.989. The minimum Gasteiger partial charge on any atom is -0.466 e. The van der Waals surface area contributed by atoms with Gasteiger partial charge < -0.3 is 14.5 Å². The third kappa shape index (κ3) is 5.86. The normalized spacial score (nSPS) is 11.5. The number of ether oxygens (including phenoxy) is 1. The number of carbonyl (C=O) groups excluding carboxylic acids is 1. The molecule has 0 radical (unpaired) electrons. The van der Waals surface area contributed by atoms with Crippen molar-refractivity contribution in [3.63, 3.8) is 0 Å². The number of esters is 1. The second-order valence-corrected chi connectivity index (χ2v) is 5.34. The summed E-state index contributed by atoms with van der Waals surface area (Å²) in [5.74, 6) is 0.249. The van der Waals surface area contributed by atoms with Gasteiger partial charge in [-0.2, -0.15) is 0 Å². The molecule has 0 fully saturated rings. The molecule has 0 amide bonds. The SMILES string of the molecule is CCOC(=O)CCCNCc1ccc(S(N)(=O)=O)o1. The van der Waals surface area contributed by atoms with Gasteiger partial charge in [-0.25, -0.2) is 13.6 Å². The number of primary sulfonamides is 1. The van der Waals surface area contributed by atoms with Crippen LogP contribution in [-0.4, -0.2) is 27.5 Å². The van der Waals surface area contributed by atoms with Crippen LogP contribution in [0.5, 0.6) is 0 Å². The van der Waals surface area contributed by atoms with Gasteiger partial charge in [-0.3, -0.25) is 4.79 Å². The van der Waals surface area contributed by atoms with Crippen LogP contribution in [0.15, 0.2) is 21.6 Å². The Labute approximate surface area is 112 Å². The third-order valence-electron chi connectivity index (χ3n) is 2.26. The van der Waals surface area contributed by atoms with Gasteiger partial charge in [0.1, 0.15) is 5.76 Å². The van der Waals surface area contributed by atoms with Crippen molar-refractivity contribution in [2.45, 2.75) is 31.4 Å². The van der Waals surface area contributed by atoms with Crippen LogP contribution < -0.4 is 10.5 Å². The van der Waals surface area contributed by atoms with Gasteiger partial charge >= 0.3 is 5.97 Å². The van der Waals surface area contributed by atoms with Gasteiger partial charge in [0.2, 0.25) is 5.09 Å². The number of nitrogens with one attached hydrogen (secondary N) is 1. The van der Waals surface area contributed by atoms with Crippen LogP contribution in [0.4, 0.5) is 0 Å². The van der Waals surface area contributed by atoms with E-state index in [-0.39, 0.29) is 11.1 Å². The summed E-state index contributed by atoms with van der Waals surface area (Å²) >= 11 is 0. The largest absolute Gasteiger partial charge is 0.466 e. The van der Waals surface area contributed by atoms with Crippen LogP contribution in [-0.2, 0) is 26.1 Å². The third-order valence-corrected chi connectivity index (χ3v) is 3.04. The highest BCUT2D eigenvalue weighted by Crippen LogP contribution is 2.11. The molecule has 1 aromatic rings. The van der Waals surface area contributed by atoms with Crippen LogP contribution in [0, 0.1) is 0 Å². The molecular weight excluding hydrogens is 272 g/mol. The number of hydrogen-bond donors (Lipinski definition) is 2. The summed E-state index contributed by atoms with van der Waals surface area (Å²) in [6, 6.07) is 2.85. The van der Waals surface area contributed by atoms with Gasteiger partial charge in [0.05, 0.1) is 13.2 Å². The average Bonchev–Trinajstić information content (AvgIpc) is 2.77. The van der Waals surface area contributed by atoms with E-state index in [2.05, 4.69) is 5.32 Å². The monoisotopic (exact) mass is 290 g/mol. The summed E-state index contributed by atoms with van der Waals surface area (Å²) in [5, 5.41) is 7.69. The van der Waals surface area contributed by atoms with Crippen LogP contribution >= 0.6 is 0 Å². The van der Waals surface area contributed by atoms with Gasteiger partial charge in [0.15, 0.2) is 0 Å². The molecule has 0 saturated heterocycles. The first-order valence-corrected chi connectivity index (χ1v) is 7.46. The molecule has 8 heteroatoms. The maximum atomic E-state index is 11.0. The zero-order chi connectivity index (χ0) is 14.3. The molecule has 1 aromatic heterocycles. The average molecular weight is 290 g/mol. The molecule has 0 aromatic carbocycles. The first-order valence-electron chi connectivity index (χ1n) is 5.91. The van der Waals surface area contributed by atoms with Crippen molar-refractivity contribution < 1.29 is 22.4 Å². The van der Waals surface area contributed by atoms with Crippen molar-refractivity contribution in [2.24, 2.45) is 5.14 Å². The van der Waals surface area contributed by atoms with Crippen molar-refractivity contribution in [2.75, 3.05) is 13.2 Å². The van der Waals surface area contributed by atoms with E-state index in [4.69, 9.17) is 14.3 Å². The second kappa shape index (κ2) is 7.27. The summed E-state index contributed by atoms with van der Waals surface area (Å²) in [4.78, 5) is 11.0. The molecule has 19 heavy (non-hydrogen) atoms. The van der Waals surface area contributed by atoms with E-state index >= 15 is 0 Å². The zero-order valence-corrected chi connectivity index (χ0v) is 11.5. The fourth-order valence-corrected chi connectivity index (χ4v) is 1.89. The standard InChI is InChI=1S/C11H18N2O5S/c1-2-17-10(14)4-3-7-13-8-9-5-6-11(18-9)19(12,15)16/h5-6,13H,2-4,7-8H2,1H3,(H2,12,15,16). The maximum absolute atomic E-state index is 11.0. The molecule has 0 aliphatic heterocycles. The first-order chi connectivity index (χ1) is 8.93. The molecule has 0 bridgehead atoms. The lowest BCUT2D eigenvalue weighted by atomic mass is 10.3. The van der Waals surface area contributed by atoms with Crippen LogP contribution in [0.25, 0.3) is 0 Å². The van der Waals surface area contributed by atoms with E-state index in [9.17, 15) is 13.2 Å². The molecule has 0 saturated carbocycles. The fourth-order valence-electron chi connectivity index (χ4n) is 1.41. The van der Waals surface area contributed by atoms with E-state index in [1.54, 1.807) is 6.92 Å². The van der Waals surface area contributed by atoms with Crippen LogP contribution in [0.1, 0.15) is 25.5 Å². The Balaban J connectivity index is 2.23. The van der Waals surface area contributed by atoms with Crippen LogP contribution in [0.3, 0.4) is 0 Å². The number of rotatable bonds is 8. The second-order valence-electron chi connectivity index (χ2n) is 3.85. The smallest absolute Gasteiger partial charge is 0.305 e. The maximum Gasteiger partial charge on any atom is 0.305 e. The molecule has 108 valence electrons. The van der Waals surface area contributed by atoms with E-state index in [1.807, 2.05) is 0 Å². The van der Waals surface area contributed by atoms with E-state index in [0.29, 0.717) is 38.3 Å². The van der Waals surface area contributed by atoms with Crippen molar-refractivity contribution >= 4 is 16.0 Å². The number of furan rings is 1. The van der Waals surface area contributed by atoms with Crippen molar-refractivity contribution in [3.05, 3.63) is 17.9 Å². The van der Waals surface area contributed by atoms with Crippen molar-refractivity contribution in [1.29, 1.82) is 0 Å². The molecule has 1 heterocycles. The first kappa shape index (κ1) is 15.7. The number of carbonyl (C=O) groups is 1. The topological polar surface area (TPSA) is 112 Å². The molecule has 0 unspecified atom stereocenters. The van der Waals surface area contributed by atoms with Gasteiger partial charge in [-0.1, -0.05) is 0 Å². The number of hydrogen-bond acceptors (Lipinski definition) is 6. The van der Waals surface area contributed by atoms with Crippen molar-refractivity contribution in [1.82, 2.24) is 5.32 Å². The van der Waals surface area contributed by atoms with Crippen LogP contribution in [0.2, 0.25) is 0 Å². The Kier molecular flexibility index (Phi) is 6.00. The lowest BCUT2D eigenvalue weighted by Crippen LogP contribution is -2.16. The summed E-state index contributed by atoms with van der Waals surface area (Å²) in [6.45, 7) is 3.12. The molecule has 0 aliphatic carbocycles. The molecule has 3 N–H and O–H groups in total. The highest BCUT2D eigenvalue weighted by atomic mass is 32.2. The molecule has 7 nitrogen and oxygen atoms in total. The lowest BCUT2D eigenvalue weighted by Gasteiger charge is -2.03. The Morgan fingerprint density at radius 3 is 2.79 bits per heavy atom. The van der Waals surface area contributed by atoms with Crippen molar-refractivity contribution in [3.8, 4) is 0 Å². The number of sulfonamides is 1. The predicted molar refractivity (Wildman–Crippen MR) is 67.7 cm³/mol. The molecule has 0 aliphatic rings. The molecule has 0 atom stereocenters. The molecule has 0 spiro atoms. The van der Waals surface area contributed by atoms with Gasteiger partial charge in [0.25, 0.3) is 10.0 Å².